The average molecular weight is 392 g/mol. The molecule has 3 aromatic rings. The Morgan fingerprint density at radius 3 is 2.46 bits per heavy atom. The molecule has 0 saturated carbocycles. The van der Waals surface area contributed by atoms with Gasteiger partial charge in [0.05, 0.1) is 12.2 Å². The number of rotatable bonds is 7. The largest absolute Gasteiger partial charge is 0.490 e. The van der Waals surface area contributed by atoms with E-state index in [1.54, 1.807) is 25.1 Å². The SMILES string of the molecule is CCOc1cc(C=O)ccc1OCc1nc(-c2ccc(C(F)(F)F)cc2)no1. The van der Waals surface area contributed by atoms with Crippen LogP contribution in [0, 0.1) is 0 Å². The highest BCUT2D eigenvalue weighted by Gasteiger charge is 2.30. The summed E-state index contributed by atoms with van der Waals surface area (Å²) in [7, 11) is 0. The summed E-state index contributed by atoms with van der Waals surface area (Å²) < 4.78 is 54.0. The van der Waals surface area contributed by atoms with Gasteiger partial charge in [-0.15, -0.1) is 0 Å². The van der Waals surface area contributed by atoms with E-state index >= 15 is 0 Å². The standard InChI is InChI=1S/C19H15F3N2O4/c1-2-26-16-9-12(10-25)3-8-15(16)27-11-17-23-18(24-28-17)13-4-6-14(7-5-13)19(20,21)22/h3-10H,2,11H2,1H3. The van der Waals surface area contributed by atoms with E-state index in [2.05, 4.69) is 10.1 Å². The third kappa shape index (κ3) is 4.48. The first-order valence-electron chi connectivity index (χ1n) is 8.25. The molecule has 0 aliphatic rings. The van der Waals surface area contributed by atoms with E-state index in [0.717, 1.165) is 12.1 Å². The van der Waals surface area contributed by atoms with Crippen LogP contribution in [0.5, 0.6) is 11.5 Å². The molecule has 0 amide bonds. The van der Waals surface area contributed by atoms with Crippen LogP contribution < -0.4 is 9.47 Å². The molecule has 3 rings (SSSR count). The van der Waals surface area contributed by atoms with Crippen molar-refractivity contribution in [1.82, 2.24) is 10.1 Å². The van der Waals surface area contributed by atoms with Crippen molar-refractivity contribution < 1.29 is 32.0 Å². The number of alkyl halides is 3. The second-order valence-electron chi connectivity index (χ2n) is 5.63. The van der Waals surface area contributed by atoms with E-state index in [0.29, 0.717) is 35.5 Å². The van der Waals surface area contributed by atoms with Gasteiger partial charge in [0.15, 0.2) is 18.1 Å². The number of hydrogen-bond acceptors (Lipinski definition) is 6. The number of aldehydes is 1. The third-order valence-electron chi connectivity index (χ3n) is 3.69. The Kier molecular flexibility index (Phi) is 5.62. The van der Waals surface area contributed by atoms with E-state index in [1.807, 2.05) is 0 Å². The molecule has 1 heterocycles. The number of benzene rings is 2. The molecule has 0 atom stereocenters. The lowest BCUT2D eigenvalue weighted by Crippen LogP contribution is -2.04. The zero-order valence-corrected chi connectivity index (χ0v) is 14.7. The number of nitrogens with zero attached hydrogens (tertiary/aromatic N) is 2. The maximum Gasteiger partial charge on any atom is 0.416 e. The van der Waals surface area contributed by atoms with Gasteiger partial charge < -0.3 is 14.0 Å². The van der Waals surface area contributed by atoms with Crippen molar-refractivity contribution in [2.24, 2.45) is 0 Å². The second-order valence-corrected chi connectivity index (χ2v) is 5.63. The number of carbonyl (C=O) groups is 1. The highest BCUT2D eigenvalue weighted by atomic mass is 19.4. The van der Waals surface area contributed by atoms with Crippen molar-refractivity contribution in [3.05, 3.63) is 59.5 Å². The van der Waals surface area contributed by atoms with E-state index < -0.39 is 11.7 Å². The lowest BCUT2D eigenvalue weighted by molar-refractivity contribution is -0.137. The van der Waals surface area contributed by atoms with Crippen molar-refractivity contribution in [2.45, 2.75) is 19.7 Å². The third-order valence-corrected chi connectivity index (χ3v) is 3.69. The summed E-state index contributed by atoms with van der Waals surface area (Å²) in [6.45, 7) is 2.11. The first-order valence-corrected chi connectivity index (χ1v) is 8.25. The fourth-order valence-corrected chi connectivity index (χ4v) is 2.36. The number of carbonyl (C=O) groups excluding carboxylic acids is 1. The number of hydrogen-bond donors (Lipinski definition) is 0. The van der Waals surface area contributed by atoms with Gasteiger partial charge in [0.25, 0.3) is 5.89 Å². The predicted octanol–water partition coefficient (Wildman–Crippen LogP) is 4.55. The maximum absolute atomic E-state index is 12.6. The minimum Gasteiger partial charge on any atom is -0.490 e. The van der Waals surface area contributed by atoms with Crippen LogP contribution in [0.15, 0.2) is 47.0 Å². The van der Waals surface area contributed by atoms with Crippen LogP contribution in [0.4, 0.5) is 13.2 Å². The van der Waals surface area contributed by atoms with Crippen molar-refractivity contribution in [3.8, 4) is 22.9 Å². The van der Waals surface area contributed by atoms with Gasteiger partial charge in [0, 0.05) is 11.1 Å². The average Bonchev–Trinajstić information content (AvgIpc) is 3.15. The molecule has 0 bridgehead atoms. The Labute approximate surface area is 157 Å². The van der Waals surface area contributed by atoms with E-state index in [-0.39, 0.29) is 18.3 Å². The van der Waals surface area contributed by atoms with Gasteiger partial charge >= 0.3 is 6.18 Å². The first-order chi connectivity index (χ1) is 13.4. The smallest absolute Gasteiger partial charge is 0.416 e. The van der Waals surface area contributed by atoms with Gasteiger partial charge in [-0.25, -0.2) is 0 Å². The molecule has 0 aliphatic carbocycles. The van der Waals surface area contributed by atoms with Crippen LogP contribution in [-0.2, 0) is 12.8 Å². The topological polar surface area (TPSA) is 74.5 Å². The number of ether oxygens (including phenoxy) is 2. The Morgan fingerprint density at radius 1 is 1.07 bits per heavy atom. The van der Waals surface area contributed by atoms with Gasteiger partial charge in [0.2, 0.25) is 5.82 Å². The molecule has 0 aliphatic heterocycles. The fourth-order valence-electron chi connectivity index (χ4n) is 2.36. The van der Waals surface area contributed by atoms with Crippen LogP contribution in [0.25, 0.3) is 11.4 Å². The zero-order valence-electron chi connectivity index (χ0n) is 14.7. The predicted molar refractivity (Wildman–Crippen MR) is 92.1 cm³/mol. The molecule has 0 fully saturated rings. The summed E-state index contributed by atoms with van der Waals surface area (Å²) in [6.07, 6.45) is -3.72. The zero-order chi connectivity index (χ0) is 20.1. The minimum absolute atomic E-state index is 0.0753. The highest BCUT2D eigenvalue weighted by molar-refractivity contribution is 5.76. The van der Waals surface area contributed by atoms with Crippen LogP contribution in [-0.4, -0.2) is 23.0 Å². The molecule has 9 heteroatoms. The van der Waals surface area contributed by atoms with Crippen molar-refractivity contribution in [2.75, 3.05) is 6.61 Å². The lowest BCUT2D eigenvalue weighted by atomic mass is 10.1. The molecule has 0 spiro atoms. The molecule has 0 radical (unpaired) electrons. The second kappa shape index (κ2) is 8.12. The van der Waals surface area contributed by atoms with E-state index in [9.17, 15) is 18.0 Å². The molecule has 0 saturated heterocycles. The molecule has 146 valence electrons. The monoisotopic (exact) mass is 392 g/mol. The molecular formula is C19H15F3N2O4. The fraction of sp³-hybridized carbons (Fsp3) is 0.211. The number of halogens is 3. The lowest BCUT2D eigenvalue weighted by Gasteiger charge is -2.10. The number of aromatic nitrogens is 2. The van der Waals surface area contributed by atoms with Crippen molar-refractivity contribution in [1.29, 1.82) is 0 Å². The molecular weight excluding hydrogens is 377 g/mol. The van der Waals surface area contributed by atoms with Gasteiger partial charge in [-0.1, -0.05) is 17.3 Å². The van der Waals surface area contributed by atoms with E-state index in [1.165, 1.54) is 12.1 Å². The molecule has 0 unspecified atom stereocenters. The van der Waals surface area contributed by atoms with Crippen molar-refractivity contribution in [3.63, 3.8) is 0 Å². The first kappa shape index (κ1) is 19.4. The van der Waals surface area contributed by atoms with Crippen molar-refractivity contribution >= 4 is 6.29 Å². The van der Waals surface area contributed by atoms with Crippen LogP contribution in [0.3, 0.4) is 0 Å². The molecule has 2 aromatic carbocycles. The summed E-state index contributed by atoms with van der Waals surface area (Å²) in [5, 5.41) is 3.75. The van der Waals surface area contributed by atoms with Gasteiger partial charge in [0.1, 0.15) is 6.29 Å². The molecule has 1 aromatic heterocycles. The van der Waals surface area contributed by atoms with Gasteiger partial charge in [-0.05, 0) is 37.3 Å². The van der Waals surface area contributed by atoms with E-state index in [4.69, 9.17) is 14.0 Å². The molecule has 28 heavy (non-hydrogen) atoms. The Hall–Kier alpha value is -3.36. The quantitative estimate of drug-likeness (QED) is 0.550. The summed E-state index contributed by atoms with van der Waals surface area (Å²) in [6, 6.07) is 9.14. The summed E-state index contributed by atoms with van der Waals surface area (Å²) in [5.41, 5.74) is 0.0667. The summed E-state index contributed by atoms with van der Waals surface area (Å²) in [5.74, 6) is 1.07. The maximum atomic E-state index is 12.6. The van der Waals surface area contributed by atoms with Crippen LogP contribution >= 0.6 is 0 Å². The van der Waals surface area contributed by atoms with Gasteiger partial charge in [-0.2, -0.15) is 18.2 Å². The Balaban J connectivity index is 1.71. The van der Waals surface area contributed by atoms with Crippen LogP contribution in [0.1, 0.15) is 28.7 Å². The van der Waals surface area contributed by atoms with Gasteiger partial charge in [-0.3, -0.25) is 4.79 Å². The minimum atomic E-state index is -4.41. The Morgan fingerprint density at radius 2 is 1.82 bits per heavy atom. The Bertz CT molecular complexity index is 953. The highest BCUT2D eigenvalue weighted by Crippen LogP contribution is 2.31. The van der Waals surface area contributed by atoms with Crippen LogP contribution in [0.2, 0.25) is 0 Å². The summed E-state index contributed by atoms with van der Waals surface area (Å²) in [4.78, 5) is 15.0. The normalized spacial score (nSPS) is 11.3. The molecule has 6 nitrogen and oxygen atoms in total. The molecule has 0 N–H and O–H groups in total. The summed E-state index contributed by atoms with van der Waals surface area (Å²) >= 11 is 0.